The summed E-state index contributed by atoms with van der Waals surface area (Å²) in [4.78, 5) is 16.5. The molecule has 0 aliphatic heterocycles. The fraction of sp³-hybridized carbons (Fsp3) is 0.200. The number of aromatic carboxylic acids is 1. The Bertz CT molecular complexity index is 1200. The average Bonchev–Trinajstić information content (AvgIpc) is 3.22. The first-order valence-corrected chi connectivity index (χ1v) is 10.4. The molecular weight excluding hydrogens is 390 g/mol. The van der Waals surface area contributed by atoms with Gasteiger partial charge in [0.15, 0.2) is 0 Å². The Morgan fingerprint density at radius 3 is 2.39 bits per heavy atom. The van der Waals surface area contributed by atoms with Gasteiger partial charge in [-0.1, -0.05) is 31.2 Å². The lowest BCUT2D eigenvalue weighted by atomic mass is 10.1. The highest BCUT2D eigenvalue weighted by Gasteiger charge is 2.17. The van der Waals surface area contributed by atoms with Crippen LogP contribution in [0.4, 0.5) is 5.69 Å². The molecule has 2 N–H and O–H groups in total. The minimum absolute atomic E-state index is 0.202. The standard InChI is InChI=1S/C25H25N3O3/c1-3-17-5-7-18(8-6-17)15-26-19-13-22(25(29)30)24-23(14-19)27-16-28(24)20-9-11-21(12-10-20)31-4-2/h5-14,16,26H,3-4,15H2,1-2H3,(H,29,30). The van der Waals surface area contributed by atoms with E-state index in [0.29, 0.717) is 24.2 Å². The predicted molar refractivity (Wildman–Crippen MR) is 122 cm³/mol. The fourth-order valence-corrected chi connectivity index (χ4v) is 3.58. The topological polar surface area (TPSA) is 76.4 Å². The summed E-state index contributed by atoms with van der Waals surface area (Å²) in [6, 6.07) is 19.5. The number of carboxylic acids is 1. The third-order valence-corrected chi connectivity index (χ3v) is 5.23. The van der Waals surface area contributed by atoms with Crippen LogP contribution in [-0.4, -0.2) is 27.2 Å². The van der Waals surface area contributed by atoms with E-state index in [1.807, 2.05) is 37.3 Å². The molecule has 0 unspecified atom stereocenters. The highest BCUT2D eigenvalue weighted by atomic mass is 16.5. The number of carboxylic acid groups (broad SMARTS) is 1. The Morgan fingerprint density at radius 2 is 1.74 bits per heavy atom. The molecule has 3 aromatic carbocycles. The summed E-state index contributed by atoms with van der Waals surface area (Å²) >= 11 is 0. The quantitative estimate of drug-likeness (QED) is 0.409. The van der Waals surface area contributed by atoms with Crippen molar-refractivity contribution in [1.82, 2.24) is 9.55 Å². The van der Waals surface area contributed by atoms with E-state index >= 15 is 0 Å². The summed E-state index contributed by atoms with van der Waals surface area (Å²) in [6.45, 7) is 5.26. The minimum Gasteiger partial charge on any atom is -0.494 e. The average molecular weight is 415 g/mol. The van der Waals surface area contributed by atoms with Gasteiger partial charge < -0.3 is 15.2 Å². The molecule has 0 saturated heterocycles. The number of ether oxygens (including phenoxy) is 1. The Morgan fingerprint density at radius 1 is 1.03 bits per heavy atom. The number of aromatic nitrogens is 2. The van der Waals surface area contributed by atoms with E-state index in [1.54, 1.807) is 17.0 Å². The molecule has 4 rings (SSSR count). The van der Waals surface area contributed by atoms with Crippen molar-refractivity contribution in [3.8, 4) is 11.4 Å². The monoisotopic (exact) mass is 415 g/mol. The van der Waals surface area contributed by atoms with E-state index in [1.165, 1.54) is 5.56 Å². The third kappa shape index (κ3) is 4.38. The van der Waals surface area contributed by atoms with Crippen LogP contribution in [0.15, 0.2) is 67.0 Å². The van der Waals surface area contributed by atoms with E-state index in [2.05, 4.69) is 41.5 Å². The third-order valence-electron chi connectivity index (χ3n) is 5.23. The van der Waals surface area contributed by atoms with Gasteiger partial charge in [-0.15, -0.1) is 0 Å². The summed E-state index contributed by atoms with van der Waals surface area (Å²) in [5.74, 6) is -0.221. The molecule has 6 nitrogen and oxygen atoms in total. The van der Waals surface area contributed by atoms with Crippen LogP contribution in [0.3, 0.4) is 0 Å². The molecule has 0 spiro atoms. The van der Waals surface area contributed by atoms with E-state index in [4.69, 9.17) is 4.74 Å². The second kappa shape index (κ2) is 8.92. The lowest BCUT2D eigenvalue weighted by Crippen LogP contribution is -2.05. The Balaban J connectivity index is 1.65. The zero-order valence-corrected chi connectivity index (χ0v) is 17.6. The van der Waals surface area contributed by atoms with Gasteiger partial charge in [-0.25, -0.2) is 9.78 Å². The maximum atomic E-state index is 12.0. The van der Waals surface area contributed by atoms with Crippen LogP contribution < -0.4 is 10.1 Å². The number of nitrogens with zero attached hydrogens (tertiary/aromatic N) is 2. The van der Waals surface area contributed by atoms with E-state index in [0.717, 1.165) is 29.1 Å². The van der Waals surface area contributed by atoms with Crippen LogP contribution in [0.2, 0.25) is 0 Å². The summed E-state index contributed by atoms with van der Waals surface area (Å²) < 4.78 is 7.29. The molecule has 0 amide bonds. The number of carbonyl (C=O) groups is 1. The molecule has 0 bridgehead atoms. The first kappa shape index (κ1) is 20.5. The summed E-state index contributed by atoms with van der Waals surface area (Å²) in [5.41, 5.74) is 5.36. The van der Waals surface area contributed by atoms with E-state index < -0.39 is 5.97 Å². The number of hydrogen-bond donors (Lipinski definition) is 2. The predicted octanol–water partition coefficient (Wildman–Crippen LogP) is 5.30. The zero-order valence-electron chi connectivity index (χ0n) is 17.6. The van der Waals surface area contributed by atoms with Gasteiger partial charge >= 0.3 is 5.97 Å². The number of aryl methyl sites for hydroxylation is 1. The lowest BCUT2D eigenvalue weighted by Gasteiger charge is -2.11. The highest BCUT2D eigenvalue weighted by molar-refractivity contribution is 6.03. The van der Waals surface area contributed by atoms with Crippen molar-refractivity contribution >= 4 is 22.7 Å². The largest absolute Gasteiger partial charge is 0.494 e. The maximum absolute atomic E-state index is 12.0. The number of anilines is 1. The first-order valence-electron chi connectivity index (χ1n) is 10.4. The van der Waals surface area contributed by atoms with Gasteiger partial charge in [0, 0.05) is 17.9 Å². The van der Waals surface area contributed by atoms with Crippen molar-refractivity contribution in [3.05, 3.63) is 83.7 Å². The normalized spacial score (nSPS) is 10.9. The number of fused-ring (bicyclic) bond motifs is 1. The molecule has 1 aromatic heterocycles. The molecule has 6 heteroatoms. The van der Waals surface area contributed by atoms with Crippen LogP contribution in [0.5, 0.6) is 5.75 Å². The van der Waals surface area contributed by atoms with Gasteiger partial charge in [-0.05, 0) is 60.9 Å². The second-order valence-corrected chi connectivity index (χ2v) is 7.26. The van der Waals surface area contributed by atoms with Crippen molar-refractivity contribution in [1.29, 1.82) is 0 Å². The van der Waals surface area contributed by atoms with Crippen LogP contribution in [0.25, 0.3) is 16.7 Å². The van der Waals surface area contributed by atoms with Gasteiger partial charge in [-0.2, -0.15) is 0 Å². The van der Waals surface area contributed by atoms with Gasteiger partial charge in [-0.3, -0.25) is 4.57 Å². The van der Waals surface area contributed by atoms with Gasteiger partial charge in [0.2, 0.25) is 0 Å². The van der Waals surface area contributed by atoms with Crippen molar-refractivity contribution < 1.29 is 14.6 Å². The molecule has 158 valence electrons. The van der Waals surface area contributed by atoms with Crippen LogP contribution in [0, 0.1) is 0 Å². The number of imidazole rings is 1. The maximum Gasteiger partial charge on any atom is 0.337 e. The van der Waals surface area contributed by atoms with E-state index in [-0.39, 0.29) is 5.56 Å². The van der Waals surface area contributed by atoms with Gasteiger partial charge in [0.1, 0.15) is 12.1 Å². The number of nitrogens with one attached hydrogen (secondary N) is 1. The summed E-state index contributed by atoms with van der Waals surface area (Å²) in [7, 11) is 0. The van der Waals surface area contributed by atoms with Crippen molar-refractivity contribution in [2.75, 3.05) is 11.9 Å². The van der Waals surface area contributed by atoms with Crippen LogP contribution in [-0.2, 0) is 13.0 Å². The number of benzene rings is 3. The number of rotatable bonds is 8. The lowest BCUT2D eigenvalue weighted by molar-refractivity contribution is 0.0698. The fourth-order valence-electron chi connectivity index (χ4n) is 3.58. The SMILES string of the molecule is CCOc1ccc(-n2cnc3cc(NCc4ccc(CC)cc4)cc(C(=O)O)c32)cc1. The van der Waals surface area contributed by atoms with Crippen molar-refractivity contribution in [2.45, 2.75) is 26.8 Å². The molecule has 0 fully saturated rings. The molecule has 0 aliphatic rings. The second-order valence-electron chi connectivity index (χ2n) is 7.26. The molecular formula is C25H25N3O3. The molecule has 31 heavy (non-hydrogen) atoms. The van der Waals surface area contributed by atoms with Crippen molar-refractivity contribution in [3.63, 3.8) is 0 Å². The number of hydrogen-bond acceptors (Lipinski definition) is 4. The highest BCUT2D eigenvalue weighted by Crippen LogP contribution is 2.27. The molecule has 0 aliphatic carbocycles. The first-order chi connectivity index (χ1) is 15.1. The Kier molecular flexibility index (Phi) is 5.89. The molecule has 0 saturated carbocycles. The Hall–Kier alpha value is -3.80. The zero-order chi connectivity index (χ0) is 21.8. The molecule has 0 radical (unpaired) electrons. The molecule has 1 heterocycles. The smallest absolute Gasteiger partial charge is 0.337 e. The van der Waals surface area contributed by atoms with Crippen molar-refractivity contribution in [2.24, 2.45) is 0 Å². The molecule has 4 aromatic rings. The van der Waals surface area contributed by atoms with Crippen LogP contribution >= 0.6 is 0 Å². The summed E-state index contributed by atoms with van der Waals surface area (Å²) in [6.07, 6.45) is 2.66. The Labute approximate surface area is 181 Å². The minimum atomic E-state index is -0.992. The van der Waals surface area contributed by atoms with Gasteiger partial charge in [0.05, 0.1) is 23.2 Å². The molecule has 0 atom stereocenters. The van der Waals surface area contributed by atoms with E-state index in [9.17, 15) is 9.90 Å². The van der Waals surface area contributed by atoms with Gasteiger partial charge in [0.25, 0.3) is 0 Å². The summed E-state index contributed by atoms with van der Waals surface area (Å²) in [5, 5.41) is 13.2. The van der Waals surface area contributed by atoms with Crippen LogP contribution in [0.1, 0.15) is 35.3 Å².